The number of para-hydroxylation sites is 1. The number of benzene rings is 1. The molecule has 0 saturated carbocycles. The predicted molar refractivity (Wildman–Crippen MR) is 65.7 cm³/mol. The molecule has 1 saturated heterocycles. The molecular weight excluding hydrogens is 196 g/mol. The van der Waals surface area contributed by atoms with E-state index in [-0.39, 0.29) is 0 Å². The second-order valence-corrected chi connectivity index (χ2v) is 5.13. The minimum Gasteiger partial charge on any atom is -0.358 e. The lowest BCUT2D eigenvalue weighted by Gasteiger charge is -2.24. The van der Waals surface area contributed by atoms with Crippen LogP contribution < -0.4 is 5.32 Å². The molecule has 1 aliphatic heterocycles. The van der Waals surface area contributed by atoms with E-state index >= 15 is 0 Å². The Balaban J connectivity index is 1.99. The lowest BCUT2D eigenvalue weighted by molar-refractivity contribution is 0.451. The number of nitrogens with one attached hydrogen (secondary N) is 2. The second kappa shape index (κ2) is 3.11. The summed E-state index contributed by atoms with van der Waals surface area (Å²) < 4.78 is 0. The topological polar surface area (TPSA) is 27.8 Å². The van der Waals surface area contributed by atoms with Gasteiger partial charge in [0, 0.05) is 29.1 Å². The van der Waals surface area contributed by atoms with Crippen molar-refractivity contribution in [3.63, 3.8) is 0 Å². The molecule has 0 radical (unpaired) electrons. The molecule has 2 nitrogen and oxygen atoms in total. The molecule has 4 rings (SSSR count). The van der Waals surface area contributed by atoms with Crippen molar-refractivity contribution in [3.8, 4) is 0 Å². The normalized spacial score (nSPS) is 28.0. The fraction of sp³-hybridized carbons (Fsp3) is 0.429. The first-order chi connectivity index (χ1) is 7.93. The van der Waals surface area contributed by atoms with Crippen molar-refractivity contribution in [1.82, 2.24) is 10.3 Å². The number of aromatic amines is 1. The van der Waals surface area contributed by atoms with Gasteiger partial charge in [0.05, 0.1) is 0 Å². The van der Waals surface area contributed by atoms with Crippen LogP contribution in [0.1, 0.15) is 23.6 Å². The van der Waals surface area contributed by atoms with E-state index in [1.807, 2.05) is 0 Å². The van der Waals surface area contributed by atoms with E-state index in [1.54, 1.807) is 5.56 Å². The van der Waals surface area contributed by atoms with Crippen molar-refractivity contribution >= 4 is 10.9 Å². The zero-order valence-corrected chi connectivity index (χ0v) is 9.29. The van der Waals surface area contributed by atoms with Crippen LogP contribution in [0.4, 0.5) is 0 Å². The standard InChI is InChI=1S/C14H16N2/c1-2-4-12-10(3-1)14-11-8-15-7-9(11)5-6-13(14)16-12/h1-4,9,11,15-16H,5-8H2/t9-,11+/m0/s1. The van der Waals surface area contributed by atoms with Gasteiger partial charge < -0.3 is 10.3 Å². The number of fused-ring (bicyclic) bond motifs is 5. The molecule has 2 aliphatic rings. The van der Waals surface area contributed by atoms with E-state index in [4.69, 9.17) is 0 Å². The van der Waals surface area contributed by atoms with Crippen molar-refractivity contribution in [2.45, 2.75) is 18.8 Å². The highest BCUT2D eigenvalue weighted by atomic mass is 14.9. The zero-order chi connectivity index (χ0) is 10.5. The predicted octanol–water partition coefficient (Wildman–Crippen LogP) is 2.42. The van der Waals surface area contributed by atoms with Gasteiger partial charge in [0.15, 0.2) is 0 Å². The molecule has 1 aromatic heterocycles. The maximum atomic E-state index is 3.60. The highest BCUT2D eigenvalue weighted by molar-refractivity contribution is 5.85. The van der Waals surface area contributed by atoms with E-state index in [1.165, 1.54) is 42.5 Å². The molecule has 2 aromatic rings. The van der Waals surface area contributed by atoms with Gasteiger partial charge in [0.1, 0.15) is 0 Å². The summed E-state index contributed by atoms with van der Waals surface area (Å²) in [4.78, 5) is 3.60. The number of aryl methyl sites for hydroxylation is 1. The van der Waals surface area contributed by atoms with Crippen LogP contribution in [0.3, 0.4) is 0 Å². The second-order valence-electron chi connectivity index (χ2n) is 5.13. The summed E-state index contributed by atoms with van der Waals surface area (Å²) >= 11 is 0. The highest BCUT2D eigenvalue weighted by Crippen LogP contribution is 2.41. The van der Waals surface area contributed by atoms with Crippen molar-refractivity contribution in [1.29, 1.82) is 0 Å². The largest absolute Gasteiger partial charge is 0.358 e. The van der Waals surface area contributed by atoms with Crippen LogP contribution in [0.2, 0.25) is 0 Å². The smallest absolute Gasteiger partial charge is 0.0459 e. The maximum Gasteiger partial charge on any atom is 0.0459 e. The summed E-state index contributed by atoms with van der Waals surface area (Å²) in [6.45, 7) is 2.38. The quantitative estimate of drug-likeness (QED) is 0.689. The summed E-state index contributed by atoms with van der Waals surface area (Å²) in [6, 6.07) is 8.74. The lowest BCUT2D eigenvalue weighted by atomic mass is 9.79. The Bertz CT molecular complexity index is 541. The number of hydrogen-bond donors (Lipinski definition) is 2. The Hall–Kier alpha value is -1.28. The van der Waals surface area contributed by atoms with Crippen LogP contribution in [-0.2, 0) is 6.42 Å². The third-order valence-electron chi connectivity index (χ3n) is 4.30. The summed E-state index contributed by atoms with van der Waals surface area (Å²) in [5.74, 6) is 1.62. The Morgan fingerprint density at radius 1 is 1.12 bits per heavy atom. The molecule has 0 amide bonds. The van der Waals surface area contributed by atoms with Gasteiger partial charge in [-0.25, -0.2) is 0 Å². The minimum atomic E-state index is 0.750. The first kappa shape index (κ1) is 8.82. The van der Waals surface area contributed by atoms with Crippen molar-refractivity contribution in [3.05, 3.63) is 35.5 Å². The molecule has 0 bridgehead atoms. The molecule has 2 N–H and O–H groups in total. The molecule has 2 heteroatoms. The van der Waals surface area contributed by atoms with Crippen LogP contribution in [0.15, 0.2) is 24.3 Å². The van der Waals surface area contributed by atoms with Crippen LogP contribution >= 0.6 is 0 Å². The van der Waals surface area contributed by atoms with Crippen LogP contribution in [0.5, 0.6) is 0 Å². The number of rotatable bonds is 0. The van der Waals surface area contributed by atoms with E-state index in [2.05, 4.69) is 34.6 Å². The average Bonchev–Trinajstić information content (AvgIpc) is 2.91. The Morgan fingerprint density at radius 2 is 2.06 bits per heavy atom. The van der Waals surface area contributed by atoms with Gasteiger partial charge in [0.2, 0.25) is 0 Å². The van der Waals surface area contributed by atoms with Gasteiger partial charge >= 0.3 is 0 Å². The monoisotopic (exact) mass is 212 g/mol. The fourth-order valence-electron chi connectivity index (χ4n) is 3.54. The highest BCUT2D eigenvalue weighted by Gasteiger charge is 2.35. The fourth-order valence-corrected chi connectivity index (χ4v) is 3.54. The van der Waals surface area contributed by atoms with E-state index in [9.17, 15) is 0 Å². The van der Waals surface area contributed by atoms with Gasteiger partial charge in [-0.3, -0.25) is 0 Å². The Morgan fingerprint density at radius 3 is 3.06 bits per heavy atom. The SMILES string of the molecule is c1ccc2c3c([nH]c2c1)CC[C@H]1CNC[C@@H]31. The van der Waals surface area contributed by atoms with E-state index in [0.717, 1.165) is 11.8 Å². The third kappa shape index (κ3) is 1.05. The Labute approximate surface area is 95.1 Å². The average molecular weight is 212 g/mol. The van der Waals surface area contributed by atoms with Crippen molar-refractivity contribution in [2.24, 2.45) is 5.92 Å². The molecule has 1 fully saturated rings. The molecule has 1 aliphatic carbocycles. The van der Waals surface area contributed by atoms with Crippen LogP contribution in [0, 0.1) is 5.92 Å². The van der Waals surface area contributed by atoms with E-state index < -0.39 is 0 Å². The molecule has 0 spiro atoms. The first-order valence-corrected chi connectivity index (χ1v) is 6.23. The van der Waals surface area contributed by atoms with Gasteiger partial charge in [-0.15, -0.1) is 0 Å². The lowest BCUT2D eigenvalue weighted by Crippen LogP contribution is -2.18. The van der Waals surface area contributed by atoms with Crippen molar-refractivity contribution in [2.75, 3.05) is 13.1 Å². The van der Waals surface area contributed by atoms with Gasteiger partial charge in [-0.2, -0.15) is 0 Å². The maximum absolute atomic E-state index is 3.60. The number of H-pyrrole nitrogens is 1. The molecule has 0 unspecified atom stereocenters. The zero-order valence-electron chi connectivity index (χ0n) is 9.29. The molecular formula is C14H16N2. The van der Waals surface area contributed by atoms with Gasteiger partial charge in [-0.1, -0.05) is 18.2 Å². The number of aromatic nitrogens is 1. The minimum absolute atomic E-state index is 0.750. The van der Waals surface area contributed by atoms with E-state index in [0.29, 0.717) is 0 Å². The molecule has 2 heterocycles. The summed E-state index contributed by atoms with van der Waals surface area (Å²) in [5, 5.41) is 5.00. The third-order valence-corrected chi connectivity index (χ3v) is 4.30. The number of hydrogen-bond acceptors (Lipinski definition) is 1. The van der Waals surface area contributed by atoms with Crippen LogP contribution in [-0.4, -0.2) is 18.1 Å². The van der Waals surface area contributed by atoms with Crippen LogP contribution in [0.25, 0.3) is 10.9 Å². The molecule has 2 atom stereocenters. The summed E-state index contributed by atoms with van der Waals surface area (Å²) in [7, 11) is 0. The van der Waals surface area contributed by atoms with Crippen molar-refractivity contribution < 1.29 is 0 Å². The first-order valence-electron chi connectivity index (χ1n) is 6.23. The molecule has 16 heavy (non-hydrogen) atoms. The summed E-state index contributed by atoms with van der Waals surface area (Å²) in [5.41, 5.74) is 4.42. The van der Waals surface area contributed by atoms with Gasteiger partial charge in [0.25, 0.3) is 0 Å². The molecule has 82 valence electrons. The van der Waals surface area contributed by atoms with Gasteiger partial charge in [-0.05, 0) is 36.9 Å². The molecule has 1 aromatic carbocycles. The summed E-state index contributed by atoms with van der Waals surface area (Å²) in [6.07, 6.45) is 2.57. The Kier molecular flexibility index (Phi) is 1.71.